The highest BCUT2D eigenvalue weighted by Gasteiger charge is 2.03. The van der Waals surface area contributed by atoms with Crippen molar-refractivity contribution in [2.24, 2.45) is 0 Å². The summed E-state index contributed by atoms with van der Waals surface area (Å²) in [5.74, 6) is 0. The first-order valence-corrected chi connectivity index (χ1v) is 5.48. The molecule has 0 bridgehead atoms. The summed E-state index contributed by atoms with van der Waals surface area (Å²) in [5, 5.41) is 3.75. The van der Waals surface area contributed by atoms with Crippen LogP contribution in [0.1, 0.15) is 46.5 Å². The van der Waals surface area contributed by atoms with Gasteiger partial charge in [0.25, 0.3) is 0 Å². The molecule has 1 nitrogen and oxygen atoms in total. The molecule has 0 aromatic carbocycles. The Hall–Kier alpha value is 0.250. The van der Waals surface area contributed by atoms with Gasteiger partial charge in [-0.1, -0.05) is 19.8 Å². The van der Waals surface area contributed by atoms with E-state index in [4.69, 9.17) is 11.6 Å². The first kappa shape index (κ1) is 12.2. The van der Waals surface area contributed by atoms with E-state index in [0.717, 1.165) is 13.0 Å². The lowest BCUT2D eigenvalue weighted by atomic mass is 10.2. The van der Waals surface area contributed by atoms with Gasteiger partial charge >= 0.3 is 0 Å². The predicted octanol–water partition coefficient (Wildman–Crippen LogP) is 3.17. The van der Waals surface area contributed by atoms with E-state index >= 15 is 0 Å². The van der Waals surface area contributed by atoms with Crippen LogP contribution in [0.5, 0.6) is 0 Å². The first-order chi connectivity index (χ1) is 5.66. The minimum atomic E-state index is 0.290. The molecule has 0 rings (SSSR count). The van der Waals surface area contributed by atoms with Crippen molar-refractivity contribution in [1.82, 2.24) is 5.32 Å². The van der Waals surface area contributed by atoms with Crippen LogP contribution >= 0.6 is 11.6 Å². The van der Waals surface area contributed by atoms with Crippen LogP contribution in [0.25, 0.3) is 0 Å². The van der Waals surface area contributed by atoms with Crippen LogP contribution in [0.4, 0.5) is 0 Å². The molecule has 0 amide bonds. The summed E-state index contributed by atoms with van der Waals surface area (Å²) < 4.78 is 0. The Morgan fingerprint density at radius 1 is 1.25 bits per heavy atom. The highest BCUT2D eigenvalue weighted by Crippen LogP contribution is 2.04. The summed E-state index contributed by atoms with van der Waals surface area (Å²) in [4.78, 5) is 0. The average molecular weight is 192 g/mol. The van der Waals surface area contributed by atoms with Crippen LogP contribution in [0, 0.1) is 0 Å². The molecule has 0 saturated heterocycles. The number of hydrogen-bond acceptors (Lipinski definition) is 1. The fraction of sp³-hybridized carbons (Fsp3) is 1.00. The number of unbranched alkanes of at least 4 members (excludes halogenated alkanes) is 2. The summed E-state index contributed by atoms with van der Waals surface area (Å²) in [7, 11) is 0. The Kier molecular flexibility index (Phi) is 8.04. The number of nitrogens with one attached hydrogen (secondary N) is 1. The Labute approximate surface area is 81.9 Å². The van der Waals surface area contributed by atoms with Crippen LogP contribution in [-0.4, -0.2) is 18.0 Å². The van der Waals surface area contributed by atoms with Crippen molar-refractivity contribution in [3.63, 3.8) is 0 Å². The minimum Gasteiger partial charge on any atom is -0.314 e. The van der Waals surface area contributed by atoms with E-state index < -0.39 is 0 Å². The highest BCUT2D eigenvalue weighted by molar-refractivity contribution is 6.20. The van der Waals surface area contributed by atoms with Crippen molar-refractivity contribution in [2.45, 2.75) is 57.9 Å². The summed E-state index contributed by atoms with van der Waals surface area (Å²) in [6.45, 7) is 7.61. The zero-order valence-corrected chi connectivity index (χ0v) is 9.32. The molecule has 0 heterocycles. The van der Waals surface area contributed by atoms with Gasteiger partial charge < -0.3 is 5.32 Å². The van der Waals surface area contributed by atoms with Gasteiger partial charge in [0.1, 0.15) is 0 Å². The molecule has 0 aromatic heterocycles. The summed E-state index contributed by atoms with van der Waals surface area (Å²) >= 11 is 5.87. The fourth-order valence-corrected chi connectivity index (χ4v) is 1.56. The molecule has 2 atom stereocenters. The van der Waals surface area contributed by atoms with Gasteiger partial charge in [-0.2, -0.15) is 0 Å². The van der Waals surface area contributed by atoms with Crippen LogP contribution < -0.4 is 5.32 Å². The van der Waals surface area contributed by atoms with Crippen LogP contribution in [0.3, 0.4) is 0 Å². The number of halogens is 1. The Morgan fingerprint density at radius 3 is 2.42 bits per heavy atom. The summed E-state index contributed by atoms with van der Waals surface area (Å²) in [6, 6.07) is 0.564. The lowest BCUT2D eigenvalue weighted by Gasteiger charge is -2.14. The standard InChI is InChI=1S/C10H22ClN/c1-4-5-6-7-12-10(3)8-9(2)11/h9-10,12H,4-8H2,1-3H3. The van der Waals surface area contributed by atoms with Gasteiger partial charge in [0.2, 0.25) is 0 Å². The maximum Gasteiger partial charge on any atom is 0.0322 e. The van der Waals surface area contributed by atoms with Gasteiger partial charge in [0.05, 0.1) is 0 Å². The lowest BCUT2D eigenvalue weighted by molar-refractivity contribution is 0.496. The second kappa shape index (κ2) is 7.88. The molecule has 0 spiro atoms. The van der Waals surface area contributed by atoms with Gasteiger partial charge in [-0.3, -0.25) is 0 Å². The highest BCUT2D eigenvalue weighted by atomic mass is 35.5. The van der Waals surface area contributed by atoms with E-state index in [9.17, 15) is 0 Å². The van der Waals surface area contributed by atoms with Crippen LogP contribution in [0.15, 0.2) is 0 Å². The summed E-state index contributed by atoms with van der Waals surface area (Å²) in [5.41, 5.74) is 0. The zero-order valence-electron chi connectivity index (χ0n) is 8.57. The topological polar surface area (TPSA) is 12.0 Å². The van der Waals surface area contributed by atoms with E-state index in [-0.39, 0.29) is 0 Å². The molecule has 2 heteroatoms. The summed E-state index contributed by atoms with van der Waals surface area (Å²) in [6.07, 6.45) is 4.98. The second-order valence-electron chi connectivity index (χ2n) is 3.58. The molecule has 2 unspecified atom stereocenters. The van der Waals surface area contributed by atoms with Gasteiger partial charge in [-0.15, -0.1) is 11.6 Å². The van der Waals surface area contributed by atoms with E-state index in [1.807, 2.05) is 6.92 Å². The van der Waals surface area contributed by atoms with E-state index in [1.54, 1.807) is 0 Å². The zero-order chi connectivity index (χ0) is 9.40. The molecular weight excluding hydrogens is 170 g/mol. The Balaban J connectivity index is 3.14. The molecule has 1 N–H and O–H groups in total. The van der Waals surface area contributed by atoms with Gasteiger partial charge in [0.15, 0.2) is 0 Å². The van der Waals surface area contributed by atoms with Crippen molar-refractivity contribution in [2.75, 3.05) is 6.54 Å². The largest absolute Gasteiger partial charge is 0.314 e. The number of alkyl halides is 1. The minimum absolute atomic E-state index is 0.290. The fourth-order valence-electron chi connectivity index (χ4n) is 1.29. The van der Waals surface area contributed by atoms with Crippen molar-refractivity contribution in [3.05, 3.63) is 0 Å². The lowest BCUT2D eigenvalue weighted by Crippen LogP contribution is -2.28. The van der Waals surface area contributed by atoms with E-state index in [2.05, 4.69) is 19.2 Å². The molecule has 12 heavy (non-hydrogen) atoms. The van der Waals surface area contributed by atoms with Crippen LogP contribution in [-0.2, 0) is 0 Å². The monoisotopic (exact) mass is 191 g/mol. The maximum absolute atomic E-state index is 5.87. The predicted molar refractivity (Wildman–Crippen MR) is 56.9 cm³/mol. The first-order valence-electron chi connectivity index (χ1n) is 5.04. The molecule has 0 radical (unpaired) electrons. The maximum atomic E-state index is 5.87. The Bertz CT molecular complexity index is 93.8. The second-order valence-corrected chi connectivity index (χ2v) is 4.32. The molecule has 0 fully saturated rings. The number of rotatable bonds is 7. The average Bonchev–Trinajstić information content (AvgIpc) is 1.97. The molecule has 74 valence electrons. The van der Waals surface area contributed by atoms with Crippen LogP contribution in [0.2, 0.25) is 0 Å². The van der Waals surface area contributed by atoms with Crippen molar-refractivity contribution in [1.29, 1.82) is 0 Å². The van der Waals surface area contributed by atoms with Crippen molar-refractivity contribution < 1.29 is 0 Å². The quantitative estimate of drug-likeness (QED) is 0.482. The van der Waals surface area contributed by atoms with Gasteiger partial charge in [0, 0.05) is 11.4 Å². The third-order valence-corrected chi connectivity index (χ3v) is 2.13. The Morgan fingerprint density at radius 2 is 1.92 bits per heavy atom. The normalized spacial score (nSPS) is 16.0. The van der Waals surface area contributed by atoms with Crippen molar-refractivity contribution in [3.8, 4) is 0 Å². The SMILES string of the molecule is CCCCCNC(C)CC(C)Cl. The molecule has 0 aliphatic heterocycles. The molecule has 0 aromatic rings. The van der Waals surface area contributed by atoms with Gasteiger partial charge in [-0.25, -0.2) is 0 Å². The van der Waals surface area contributed by atoms with E-state index in [0.29, 0.717) is 11.4 Å². The van der Waals surface area contributed by atoms with Gasteiger partial charge in [-0.05, 0) is 33.2 Å². The molecule has 0 saturated carbocycles. The molecular formula is C10H22ClN. The third kappa shape index (κ3) is 8.35. The third-order valence-electron chi connectivity index (χ3n) is 1.95. The molecule has 0 aliphatic rings. The number of hydrogen-bond donors (Lipinski definition) is 1. The van der Waals surface area contributed by atoms with Crippen molar-refractivity contribution >= 4 is 11.6 Å². The molecule has 0 aliphatic carbocycles. The smallest absolute Gasteiger partial charge is 0.0322 e. The van der Waals surface area contributed by atoms with E-state index in [1.165, 1.54) is 19.3 Å².